The Morgan fingerprint density at radius 1 is 1.08 bits per heavy atom. The van der Waals surface area contributed by atoms with Crippen LogP contribution in [-0.4, -0.2) is 69.3 Å². The number of aliphatic hydroxyl groups excluding tert-OH is 2. The van der Waals surface area contributed by atoms with Gasteiger partial charge in [0.1, 0.15) is 6.04 Å². The van der Waals surface area contributed by atoms with Gasteiger partial charge in [0, 0.05) is 28.7 Å². The van der Waals surface area contributed by atoms with Crippen molar-refractivity contribution in [1.29, 1.82) is 0 Å². The Balaban J connectivity index is 1.19. The van der Waals surface area contributed by atoms with E-state index in [1.807, 2.05) is 61.5 Å². The quantitative estimate of drug-likeness (QED) is 0.246. The number of hydrogen-bond donors (Lipinski definition) is 4. The predicted octanol–water partition coefficient (Wildman–Crippen LogP) is 4.12. The van der Waals surface area contributed by atoms with Crippen LogP contribution in [0.25, 0.3) is 0 Å². The number of carbonyl (C=O) groups excluding carboxylic acids is 3. The molecule has 2 aromatic rings. The molecule has 11 heteroatoms. The van der Waals surface area contributed by atoms with E-state index in [1.54, 1.807) is 12.2 Å². The highest BCUT2D eigenvalue weighted by molar-refractivity contribution is 6.01. The average Bonchev–Trinajstić information content (AvgIpc) is 3.63. The molecule has 10 atom stereocenters. The van der Waals surface area contributed by atoms with Gasteiger partial charge in [-0.05, 0) is 79.2 Å². The maximum Gasteiger partial charge on any atom is 0.323 e. The van der Waals surface area contributed by atoms with Gasteiger partial charge in [0.2, 0.25) is 5.78 Å². The summed E-state index contributed by atoms with van der Waals surface area (Å²) in [7, 11) is 0. The summed E-state index contributed by atoms with van der Waals surface area (Å²) >= 11 is 0. The van der Waals surface area contributed by atoms with Crippen LogP contribution in [0, 0.1) is 28.6 Å². The second-order valence-electron chi connectivity index (χ2n) is 15.7. The van der Waals surface area contributed by atoms with E-state index >= 15 is 0 Å². The molecule has 1 heterocycles. The van der Waals surface area contributed by atoms with Crippen molar-refractivity contribution in [1.82, 2.24) is 0 Å². The third kappa shape index (κ3) is 6.06. The molecule has 5 aliphatic rings. The Bertz CT molecular complexity index is 1820. The lowest BCUT2D eigenvalue weighted by Gasteiger charge is -2.59. The van der Waals surface area contributed by atoms with E-state index < -0.39 is 65.3 Å². The smallest absolute Gasteiger partial charge is 0.323 e. The fraction of sp³-hybridized carbons (Fsp3) is 0.512. The molecule has 3 saturated carbocycles. The zero-order valence-corrected chi connectivity index (χ0v) is 29.5. The van der Waals surface area contributed by atoms with Gasteiger partial charge in [-0.1, -0.05) is 74.0 Å². The van der Waals surface area contributed by atoms with Crippen LogP contribution in [0.1, 0.15) is 80.9 Å². The minimum atomic E-state index is -1.56. The summed E-state index contributed by atoms with van der Waals surface area (Å²) in [5.74, 6) is -2.76. The third-order valence-corrected chi connectivity index (χ3v) is 12.8. The number of fused-ring (bicyclic) bond motifs is 7. The summed E-state index contributed by atoms with van der Waals surface area (Å²) in [6, 6.07) is 14.3. The molecule has 0 bridgehead atoms. The Kier molecular flexibility index (Phi) is 9.63. The lowest BCUT2D eigenvalue weighted by atomic mass is 9.46. The lowest BCUT2D eigenvalue weighted by Crippen LogP contribution is -2.63. The molecular formula is C41H47NO10. The van der Waals surface area contributed by atoms with E-state index in [4.69, 9.17) is 25.1 Å². The second-order valence-corrected chi connectivity index (χ2v) is 15.7. The Morgan fingerprint density at radius 2 is 1.83 bits per heavy atom. The second kappa shape index (κ2) is 13.8. The summed E-state index contributed by atoms with van der Waals surface area (Å²) < 4.78 is 19.1. The molecule has 1 saturated heterocycles. The zero-order valence-electron chi connectivity index (χ0n) is 29.5. The number of hydrogen-bond acceptors (Lipinski definition) is 10. The number of aliphatic hydroxyl groups is 2. The summed E-state index contributed by atoms with van der Waals surface area (Å²) in [5.41, 5.74) is 7.58. The minimum absolute atomic E-state index is 0.00205. The first kappa shape index (κ1) is 36.4. The van der Waals surface area contributed by atoms with Crippen LogP contribution < -0.4 is 5.73 Å². The molecule has 0 spiro atoms. The number of esters is 1. The van der Waals surface area contributed by atoms with Gasteiger partial charge in [-0.3, -0.25) is 19.2 Å². The fourth-order valence-electron chi connectivity index (χ4n) is 10.3. The molecule has 0 amide bonds. The maximum atomic E-state index is 14.7. The molecule has 4 aliphatic carbocycles. The third-order valence-electron chi connectivity index (χ3n) is 12.8. The maximum absolute atomic E-state index is 14.7. The fourth-order valence-corrected chi connectivity index (χ4v) is 10.3. The molecule has 0 radical (unpaired) electrons. The van der Waals surface area contributed by atoms with E-state index in [9.17, 15) is 29.4 Å². The van der Waals surface area contributed by atoms with Crippen LogP contribution in [-0.2, 0) is 46.4 Å². The molecule has 4 fully saturated rings. The minimum Gasteiger partial charge on any atom is -0.481 e. The monoisotopic (exact) mass is 713 g/mol. The molecule has 5 N–H and O–H groups in total. The molecule has 11 nitrogen and oxygen atoms in total. The molecule has 2 aromatic carbocycles. The summed E-state index contributed by atoms with van der Waals surface area (Å²) in [5, 5.41) is 30.5. The van der Waals surface area contributed by atoms with Crippen LogP contribution in [0.5, 0.6) is 0 Å². The Labute approximate surface area is 302 Å². The van der Waals surface area contributed by atoms with Crippen molar-refractivity contribution in [3.8, 4) is 0 Å². The SMILES string of the molecule is C[C@]12C=CC(=O)C=C1CC[C@@H]1[C@@H]2[C@@H](O)C[C@@]2(C)[C@H]1C[C@H]1O[C@@H](c3cccc(Cc4ccc(CO)cc4)c3)O[C@]12C(=O)COC(=O)[C@@H](N)CCC(=O)O. The number of aliphatic carboxylic acids is 1. The Hall–Kier alpha value is -4.00. The van der Waals surface area contributed by atoms with Gasteiger partial charge in [-0.15, -0.1) is 0 Å². The number of rotatable bonds is 11. The molecule has 0 aromatic heterocycles. The number of carboxylic acids is 1. The molecule has 7 rings (SSSR count). The Morgan fingerprint density at radius 3 is 2.56 bits per heavy atom. The van der Waals surface area contributed by atoms with E-state index in [0.717, 1.165) is 34.2 Å². The average molecular weight is 714 g/mol. The molecule has 0 unspecified atom stereocenters. The zero-order chi connectivity index (χ0) is 37.0. The highest BCUT2D eigenvalue weighted by atomic mass is 16.7. The number of carbonyl (C=O) groups is 4. The van der Waals surface area contributed by atoms with E-state index in [-0.39, 0.29) is 49.4 Å². The standard InChI is InChI=1S/C41H47NO10/c1-39-15-14-28(44)18-27(39)10-11-29-30-19-34-41(40(30,2)20-32(45)36(29)39,33(46)22-50-37(49)31(42)12-13-35(47)48)52-38(51-34)26-5-3-4-25(17-26)16-23-6-8-24(21-43)9-7-23/h3-9,14-15,17-18,29-32,34,36,38,43,45H,10-13,16,19-22,42H2,1-2H3,(H,47,48)/t29-,30-,31-,32-,34+,36+,38+,39-,40-,41+/m0/s1. The molecule has 52 heavy (non-hydrogen) atoms. The molecule has 1 aliphatic heterocycles. The van der Waals surface area contributed by atoms with Crippen LogP contribution >= 0.6 is 0 Å². The van der Waals surface area contributed by atoms with Crippen molar-refractivity contribution >= 4 is 23.5 Å². The van der Waals surface area contributed by atoms with Crippen LogP contribution in [0.2, 0.25) is 0 Å². The number of ether oxygens (including phenoxy) is 3. The molecule has 276 valence electrons. The van der Waals surface area contributed by atoms with Crippen molar-refractivity contribution in [3.05, 3.63) is 94.6 Å². The van der Waals surface area contributed by atoms with Gasteiger partial charge in [0.05, 0.1) is 18.8 Å². The number of allylic oxidation sites excluding steroid dienone is 4. The van der Waals surface area contributed by atoms with Gasteiger partial charge in [0.25, 0.3) is 0 Å². The molecular weight excluding hydrogens is 666 g/mol. The van der Waals surface area contributed by atoms with Crippen molar-refractivity contribution in [2.75, 3.05) is 6.61 Å². The highest BCUT2D eigenvalue weighted by Gasteiger charge is 2.76. The van der Waals surface area contributed by atoms with E-state index in [0.29, 0.717) is 19.3 Å². The van der Waals surface area contributed by atoms with Gasteiger partial charge < -0.3 is 35.3 Å². The number of benzene rings is 2. The first-order valence-electron chi connectivity index (χ1n) is 18.2. The van der Waals surface area contributed by atoms with Crippen LogP contribution in [0.3, 0.4) is 0 Å². The van der Waals surface area contributed by atoms with Gasteiger partial charge in [-0.25, -0.2) is 0 Å². The first-order chi connectivity index (χ1) is 24.8. The van der Waals surface area contributed by atoms with Crippen molar-refractivity contribution < 1.29 is 48.7 Å². The number of Topliss-reactive ketones (excluding diaryl/α,β-unsaturated/α-hetero) is 1. The van der Waals surface area contributed by atoms with Crippen LogP contribution in [0.4, 0.5) is 0 Å². The largest absolute Gasteiger partial charge is 0.481 e. The van der Waals surface area contributed by atoms with Crippen molar-refractivity contribution in [3.63, 3.8) is 0 Å². The van der Waals surface area contributed by atoms with Gasteiger partial charge in [0.15, 0.2) is 24.3 Å². The van der Waals surface area contributed by atoms with E-state index in [2.05, 4.69) is 6.92 Å². The number of carboxylic acid groups (broad SMARTS) is 1. The summed E-state index contributed by atoms with van der Waals surface area (Å²) in [4.78, 5) is 50.8. The number of ketones is 2. The van der Waals surface area contributed by atoms with Gasteiger partial charge in [-0.2, -0.15) is 0 Å². The normalized spacial score (nSPS) is 35.1. The first-order valence-corrected chi connectivity index (χ1v) is 18.2. The number of nitrogens with two attached hydrogens (primary N) is 1. The summed E-state index contributed by atoms with van der Waals surface area (Å²) in [6.07, 6.45) is 5.14. The van der Waals surface area contributed by atoms with Crippen molar-refractivity contribution in [2.24, 2.45) is 34.3 Å². The lowest BCUT2D eigenvalue weighted by molar-refractivity contribution is -0.202. The summed E-state index contributed by atoms with van der Waals surface area (Å²) in [6.45, 7) is 3.41. The van der Waals surface area contributed by atoms with Crippen LogP contribution in [0.15, 0.2) is 72.3 Å². The predicted molar refractivity (Wildman–Crippen MR) is 187 cm³/mol. The van der Waals surface area contributed by atoms with Crippen molar-refractivity contribution in [2.45, 2.75) is 95.5 Å². The van der Waals surface area contributed by atoms with Gasteiger partial charge >= 0.3 is 11.9 Å². The van der Waals surface area contributed by atoms with E-state index in [1.165, 1.54) is 0 Å². The topological polar surface area (TPSA) is 183 Å². The highest BCUT2D eigenvalue weighted by Crippen LogP contribution is 2.70.